The summed E-state index contributed by atoms with van der Waals surface area (Å²) in [5.41, 5.74) is 4.00. The van der Waals surface area contributed by atoms with Crippen LogP contribution in [0.2, 0.25) is 0 Å². The van der Waals surface area contributed by atoms with Gasteiger partial charge in [-0.25, -0.2) is 0 Å². The Balaban J connectivity index is 2.02. The third-order valence-corrected chi connectivity index (χ3v) is 3.13. The van der Waals surface area contributed by atoms with E-state index >= 15 is 0 Å². The molecule has 1 heteroatoms. The molecule has 0 aliphatic rings. The number of aryl methyl sites for hydroxylation is 2. The van der Waals surface area contributed by atoms with Gasteiger partial charge in [0.15, 0.2) is 0 Å². The van der Waals surface area contributed by atoms with Gasteiger partial charge in [0.2, 0.25) is 0 Å². The van der Waals surface area contributed by atoms with Crippen molar-refractivity contribution in [3.05, 3.63) is 35.5 Å². The molecule has 0 radical (unpaired) electrons. The lowest BCUT2D eigenvalue weighted by Crippen LogP contribution is -1.84. The molecule has 1 aromatic carbocycles. The zero-order chi connectivity index (χ0) is 11.4. The van der Waals surface area contributed by atoms with E-state index < -0.39 is 0 Å². The smallest absolute Gasteiger partial charge is 0.0456 e. The van der Waals surface area contributed by atoms with Crippen LogP contribution in [0.3, 0.4) is 0 Å². The number of benzene rings is 1. The highest BCUT2D eigenvalue weighted by molar-refractivity contribution is 5.81. The third-order valence-electron chi connectivity index (χ3n) is 3.13. The van der Waals surface area contributed by atoms with Gasteiger partial charge >= 0.3 is 0 Å². The number of fused-ring (bicyclic) bond motifs is 1. The second-order valence-corrected chi connectivity index (χ2v) is 4.70. The molecule has 0 atom stereocenters. The standard InChI is InChI=1S/C15H21N/c1-3-4-5-6-7-14-11-13-10-12(2)8-9-15(13)16-14/h8-11,16H,3-7H2,1-2H3. The van der Waals surface area contributed by atoms with E-state index in [-0.39, 0.29) is 0 Å². The van der Waals surface area contributed by atoms with Crippen LogP contribution in [0.1, 0.15) is 43.9 Å². The van der Waals surface area contributed by atoms with Gasteiger partial charge in [-0.05, 0) is 43.4 Å². The molecular weight excluding hydrogens is 194 g/mol. The number of nitrogens with one attached hydrogen (secondary N) is 1. The maximum atomic E-state index is 3.50. The molecular formula is C15H21N. The number of aromatic amines is 1. The molecule has 1 N–H and O–H groups in total. The highest BCUT2D eigenvalue weighted by Gasteiger charge is 2.00. The molecule has 0 unspecified atom stereocenters. The van der Waals surface area contributed by atoms with E-state index in [1.165, 1.54) is 54.3 Å². The quantitative estimate of drug-likeness (QED) is 0.702. The minimum atomic E-state index is 1.19. The summed E-state index contributed by atoms with van der Waals surface area (Å²) in [6.45, 7) is 4.40. The lowest BCUT2D eigenvalue weighted by atomic mass is 10.1. The van der Waals surface area contributed by atoms with Crippen LogP contribution in [-0.2, 0) is 6.42 Å². The molecule has 0 spiro atoms. The molecule has 0 saturated carbocycles. The minimum absolute atomic E-state index is 1.19. The number of unbranched alkanes of at least 4 members (excludes halogenated alkanes) is 3. The first-order valence-corrected chi connectivity index (χ1v) is 6.38. The van der Waals surface area contributed by atoms with Crippen LogP contribution in [0.4, 0.5) is 0 Å². The maximum Gasteiger partial charge on any atom is 0.0456 e. The summed E-state index contributed by atoms with van der Waals surface area (Å²) in [6, 6.07) is 8.90. The Morgan fingerprint density at radius 3 is 2.75 bits per heavy atom. The molecule has 16 heavy (non-hydrogen) atoms. The molecule has 0 aliphatic heterocycles. The van der Waals surface area contributed by atoms with Gasteiger partial charge in [0.05, 0.1) is 0 Å². The predicted octanol–water partition coefficient (Wildman–Crippen LogP) is 4.60. The Labute approximate surface area is 97.9 Å². The average molecular weight is 215 g/mol. The van der Waals surface area contributed by atoms with Gasteiger partial charge in [0.1, 0.15) is 0 Å². The molecule has 0 aliphatic carbocycles. The lowest BCUT2D eigenvalue weighted by molar-refractivity contribution is 0.662. The SMILES string of the molecule is CCCCCCc1cc2cc(C)ccc2[nH]1. The van der Waals surface area contributed by atoms with Crippen molar-refractivity contribution in [3.8, 4) is 0 Å². The van der Waals surface area contributed by atoms with Crippen molar-refractivity contribution in [3.63, 3.8) is 0 Å². The van der Waals surface area contributed by atoms with Gasteiger partial charge < -0.3 is 4.98 Å². The lowest BCUT2D eigenvalue weighted by Gasteiger charge is -1.96. The van der Waals surface area contributed by atoms with Crippen LogP contribution >= 0.6 is 0 Å². The predicted molar refractivity (Wildman–Crippen MR) is 70.9 cm³/mol. The largest absolute Gasteiger partial charge is 0.358 e. The van der Waals surface area contributed by atoms with Crippen molar-refractivity contribution < 1.29 is 0 Å². The molecule has 0 fully saturated rings. The number of H-pyrrole nitrogens is 1. The van der Waals surface area contributed by atoms with Crippen molar-refractivity contribution in [2.45, 2.75) is 46.0 Å². The first kappa shape index (κ1) is 11.3. The summed E-state index contributed by atoms with van der Waals surface area (Å²) in [7, 11) is 0. The van der Waals surface area contributed by atoms with Gasteiger partial charge in [0, 0.05) is 11.2 Å². The second kappa shape index (κ2) is 5.20. The number of hydrogen-bond donors (Lipinski definition) is 1. The first-order valence-electron chi connectivity index (χ1n) is 6.38. The Morgan fingerprint density at radius 1 is 1.06 bits per heavy atom. The maximum absolute atomic E-state index is 3.50. The Morgan fingerprint density at radius 2 is 1.94 bits per heavy atom. The Kier molecular flexibility index (Phi) is 3.66. The third kappa shape index (κ3) is 2.66. The van der Waals surface area contributed by atoms with E-state index in [1.807, 2.05) is 0 Å². The monoisotopic (exact) mass is 215 g/mol. The molecule has 86 valence electrons. The van der Waals surface area contributed by atoms with E-state index in [9.17, 15) is 0 Å². The van der Waals surface area contributed by atoms with E-state index in [0.717, 1.165) is 0 Å². The van der Waals surface area contributed by atoms with Crippen molar-refractivity contribution >= 4 is 10.9 Å². The van der Waals surface area contributed by atoms with Gasteiger partial charge in [-0.2, -0.15) is 0 Å². The normalized spacial score (nSPS) is 11.1. The molecule has 1 aromatic heterocycles. The molecule has 1 heterocycles. The van der Waals surface area contributed by atoms with Gasteiger partial charge in [-0.1, -0.05) is 37.8 Å². The highest BCUT2D eigenvalue weighted by atomic mass is 14.7. The summed E-state index contributed by atoms with van der Waals surface area (Å²) >= 11 is 0. The van der Waals surface area contributed by atoms with Crippen LogP contribution in [0, 0.1) is 6.92 Å². The van der Waals surface area contributed by atoms with Gasteiger partial charge in [-0.15, -0.1) is 0 Å². The molecule has 0 bridgehead atoms. The van der Waals surface area contributed by atoms with Crippen molar-refractivity contribution in [2.24, 2.45) is 0 Å². The molecule has 1 nitrogen and oxygen atoms in total. The highest BCUT2D eigenvalue weighted by Crippen LogP contribution is 2.18. The fourth-order valence-corrected chi connectivity index (χ4v) is 2.19. The van der Waals surface area contributed by atoms with Crippen molar-refractivity contribution in [1.82, 2.24) is 4.98 Å². The summed E-state index contributed by atoms with van der Waals surface area (Å²) in [5.74, 6) is 0. The zero-order valence-corrected chi connectivity index (χ0v) is 10.3. The zero-order valence-electron chi connectivity index (χ0n) is 10.3. The number of rotatable bonds is 5. The van der Waals surface area contributed by atoms with Gasteiger partial charge in [-0.3, -0.25) is 0 Å². The van der Waals surface area contributed by atoms with Gasteiger partial charge in [0.25, 0.3) is 0 Å². The van der Waals surface area contributed by atoms with E-state index in [0.29, 0.717) is 0 Å². The summed E-state index contributed by atoms with van der Waals surface area (Å²) in [4.78, 5) is 3.50. The topological polar surface area (TPSA) is 15.8 Å². The van der Waals surface area contributed by atoms with Crippen molar-refractivity contribution in [1.29, 1.82) is 0 Å². The number of hydrogen-bond acceptors (Lipinski definition) is 0. The summed E-state index contributed by atoms with van der Waals surface area (Å²) < 4.78 is 0. The van der Waals surface area contributed by atoms with Crippen LogP contribution in [0.25, 0.3) is 10.9 Å². The first-order chi connectivity index (χ1) is 7.79. The van der Waals surface area contributed by atoms with Crippen LogP contribution in [-0.4, -0.2) is 4.98 Å². The van der Waals surface area contributed by atoms with E-state index in [1.54, 1.807) is 0 Å². The fraction of sp³-hybridized carbons (Fsp3) is 0.467. The van der Waals surface area contributed by atoms with Crippen molar-refractivity contribution in [2.75, 3.05) is 0 Å². The molecule has 0 amide bonds. The second-order valence-electron chi connectivity index (χ2n) is 4.70. The van der Waals surface area contributed by atoms with Crippen LogP contribution in [0.5, 0.6) is 0 Å². The Hall–Kier alpha value is -1.24. The number of aromatic nitrogens is 1. The average Bonchev–Trinajstić information content (AvgIpc) is 2.66. The van der Waals surface area contributed by atoms with E-state index in [2.05, 4.69) is 43.1 Å². The fourth-order valence-electron chi connectivity index (χ4n) is 2.19. The van der Waals surface area contributed by atoms with Crippen LogP contribution < -0.4 is 0 Å². The molecule has 2 rings (SSSR count). The minimum Gasteiger partial charge on any atom is -0.358 e. The molecule has 2 aromatic rings. The Bertz CT molecular complexity index is 453. The van der Waals surface area contributed by atoms with Crippen LogP contribution in [0.15, 0.2) is 24.3 Å². The summed E-state index contributed by atoms with van der Waals surface area (Å²) in [6.07, 6.45) is 6.52. The molecule has 0 saturated heterocycles. The van der Waals surface area contributed by atoms with E-state index in [4.69, 9.17) is 0 Å². The summed E-state index contributed by atoms with van der Waals surface area (Å²) in [5, 5.41) is 1.35.